The minimum absolute atomic E-state index is 0.0152. The molecule has 1 heterocycles. The van der Waals surface area contributed by atoms with Crippen molar-refractivity contribution in [2.75, 3.05) is 64.7 Å². The van der Waals surface area contributed by atoms with Gasteiger partial charge in [-0.05, 0) is 85.6 Å². The highest BCUT2D eigenvalue weighted by Crippen LogP contribution is 2.21. The van der Waals surface area contributed by atoms with E-state index >= 15 is 0 Å². The molecule has 0 aliphatic carbocycles. The van der Waals surface area contributed by atoms with Crippen molar-refractivity contribution in [1.29, 1.82) is 0 Å². The van der Waals surface area contributed by atoms with Gasteiger partial charge >= 0.3 is 5.97 Å². The number of primary amides is 2. The van der Waals surface area contributed by atoms with Gasteiger partial charge in [0.15, 0.2) is 0 Å². The van der Waals surface area contributed by atoms with Crippen molar-refractivity contribution in [2.24, 2.45) is 40.7 Å². The number of hydrogen-bond donors (Lipinski definition) is 20. The van der Waals surface area contributed by atoms with E-state index < -0.39 is 249 Å². The lowest BCUT2D eigenvalue weighted by Crippen LogP contribution is -2.59. The highest BCUT2D eigenvalue weighted by Gasteiger charge is 2.41. The number of nitrogens with zero attached hydrogens (tertiary/aromatic N) is 1. The maximum absolute atomic E-state index is 14.1. The van der Waals surface area contributed by atoms with Gasteiger partial charge in [-0.3, -0.25) is 91.1 Å². The first-order chi connectivity index (χ1) is 56.2. The average molecular weight is 1690 g/mol. The molecule has 1 saturated heterocycles. The Morgan fingerprint density at radius 3 is 1.51 bits per heavy atom. The zero-order valence-electron chi connectivity index (χ0n) is 67.3. The number of esters is 1. The minimum Gasteiger partial charge on any atom is -0.508 e. The number of carbonyl (C=O) groups is 19. The Morgan fingerprint density at radius 2 is 0.958 bits per heavy atom. The van der Waals surface area contributed by atoms with E-state index in [0.29, 0.717) is 28.5 Å². The molecule has 11 atom stereocenters. The Kier molecular flexibility index (Phi) is 42.6. The molecule has 0 unspecified atom stereocenters. The second-order valence-corrected chi connectivity index (χ2v) is 30.2. The van der Waals surface area contributed by atoms with E-state index in [1.54, 1.807) is 88.4 Å². The van der Waals surface area contributed by atoms with Crippen molar-refractivity contribution in [1.82, 2.24) is 79.3 Å². The Morgan fingerprint density at radius 1 is 0.479 bits per heavy atom. The molecule has 0 aromatic heterocycles. The highest BCUT2D eigenvalue weighted by molar-refractivity contribution is 8.13. The molecule has 0 spiro atoms. The molecule has 4 rings (SSSR count). The number of aliphatic hydroxyl groups is 1. The zero-order valence-corrected chi connectivity index (χ0v) is 68.1. The number of phenols is 1. The molecule has 0 bridgehead atoms. The molecule has 1 fully saturated rings. The van der Waals surface area contributed by atoms with E-state index in [4.69, 9.17) is 27.7 Å². The van der Waals surface area contributed by atoms with Crippen LogP contribution in [0.5, 0.6) is 5.75 Å². The molecular formula is C77H111N19O22S. The summed E-state index contributed by atoms with van der Waals surface area (Å²) >= 11 is 0.681. The molecular weight excluding hydrogens is 1580 g/mol. The number of rotatable bonds is 50. The first-order valence-corrected chi connectivity index (χ1v) is 39.5. The third-order valence-electron chi connectivity index (χ3n) is 18.0. The number of nitrogens with two attached hydrogens (primary N) is 4. The van der Waals surface area contributed by atoms with Gasteiger partial charge in [0.25, 0.3) is 0 Å². The monoisotopic (exact) mass is 1690 g/mol. The van der Waals surface area contributed by atoms with Crippen LogP contribution in [0.4, 0.5) is 0 Å². The quantitative estimate of drug-likeness (QED) is 0.0184. The number of carbonyl (C=O) groups excluding carboxylic acids is 19. The van der Waals surface area contributed by atoms with Crippen LogP contribution in [0.25, 0.3) is 0 Å². The van der Waals surface area contributed by atoms with Gasteiger partial charge in [-0.15, -0.1) is 0 Å². The number of nitrogens with one attached hydrogen (secondary N) is 14. The summed E-state index contributed by atoms with van der Waals surface area (Å²) in [4.78, 5) is 251. The maximum Gasteiger partial charge on any atom is 0.325 e. The standard InChI is InChI=1S/C77H111N19O22S/c1-41(2)29-51(92-72(112)53(31-46-17-12-9-13-18-46)89-60(103)36-82-59(102)35-83-71(111)52(88-58(101)34-78)32-47-20-22-48(98)23-21-47)70(110)86-39-63(106)118-27-28-119-64(107)40-87-75(115)66(43(5)6)94-73(113)55-19-14-26-96(55)77(117)54(33-57(81)100)90-61(104)37-85-74(114)65(42(3)4)93-62(105)38-84-69(109)50(24-25-56(80)99)91-76(116)67(44(7)97)95-68(108)49(79)30-45-15-10-8-11-16-45/h8-13,15-18,20-23,41-44,49-55,65-67,97-98H,14,19,24-40,78-79H2,1-7H3,(H2,80,99)(H2,81,100)(H,82,102)(H,83,111)(H,84,109)(H,85,114)(H,86,110)(H,87,115)(H,88,101)(H,89,103)(H,90,104)(H,91,116)(H,92,112)(H,93,105)(H,94,113)(H,95,108)/t44-,49+,50+,51+,52+,53+,54+,55+,65+,66+,67+/m1/s1. The smallest absolute Gasteiger partial charge is 0.325 e. The summed E-state index contributed by atoms with van der Waals surface area (Å²) in [5, 5.41) is 53.5. The summed E-state index contributed by atoms with van der Waals surface area (Å²) in [6.45, 7) is 6.10. The number of amides is 17. The minimum atomic E-state index is -1.67. The van der Waals surface area contributed by atoms with Crippen molar-refractivity contribution in [3.8, 4) is 5.75 Å². The van der Waals surface area contributed by atoms with Crippen molar-refractivity contribution in [3.05, 3.63) is 102 Å². The van der Waals surface area contributed by atoms with Crippen molar-refractivity contribution in [2.45, 2.75) is 173 Å². The zero-order chi connectivity index (χ0) is 88.6. The fourth-order valence-corrected chi connectivity index (χ4v) is 12.4. The number of hydrogen-bond acceptors (Lipinski definition) is 25. The van der Waals surface area contributed by atoms with Crippen molar-refractivity contribution >= 4 is 123 Å². The SMILES string of the molecule is CC(C)C[C@H](NC(=O)[C@H](Cc1ccccc1)NC(=O)CNC(=O)CNC(=O)[C@H](Cc1ccc(O)cc1)NC(=O)CN)C(=O)NCC(=O)OCCSC(=O)CNC(=O)[C@@H](NC(=O)[C@@H]1CCCN1C(=O)[C@H](CC(N)=O)NC(=O)CNC(=O)[C@@H](NC(=O)CNC(=O)[C@H](CCC(N)=O)NC(=O)[C@@H](NC(=O)[C@@H](N)Cc1ccccc1)[C@@H](C)O)C(C)C)C(C)C. The number of ether oxygens (including phenoxy) is 1. The number of aromatic hydroxyl groups is 1. The largest absolute Gasteiger partial charge is 0.508 e. The summed E-state index contributed by atoms with van der Waals surface area (Å²) in [5.41, 5.74) is 24.2. The fraction of sp³-hybridized carbons (Fsp3) is 0.519. The topological polar surface area (TPSA) is 650 Å². The third-order valence-corrected chi connectivity index (χ3v) is 18.9. The molecule has 652 valence electrons. The lowest BCUT2D eigenvalue weighted by atomic mass is 10.0. The predicted molar refractivity (Wildman–Crippen MR) is 429 cm³/mol. The van der Waals surface area contributed by atoms with Crippen LogP contribution < -0.4 is 97.4 Å². The number of aliphatic hydroxyl groups excluding tert-OH is 1. The summed E-state index contributed by atoms with van der Waals surface area (Å²) < 4.78 is 5.21. The van der Waals surface area contributed by atoms with E-state index in [1.807, 2.05) is 0 Å². The molecule has 3 aromatic rings. The van der Waals surface area contributed by atoms with Gasteiger partial charge in [0.1, 0.15) is 73.3 Å². The van der Waals surface area contributed by atoms with Crippen molar-refractivity contribution in [3.63, 3.8) is 0 Å². The van der Waals surface area contributed by atoms with Gasteiger partial charge in [0.05, 0.1) is 57.8 Å². The van der Waals surface area contributed by atoms with Gasteiger partial charge in [-0.1, -0.05) is 126 Å². The Labute approximate surface area is 691 Å². The van der Waals surface area contributed by atoms with Gasteiger partial charge in [0, 0.05) is 31.6 Å². The number of likely N-dealkylation sites (tertiary alicyclic amines) is 1. The first-order valence-electron chi connectivity index (χ1n) is 38.5. The lowest BCUT2D eigenvalue weighted by molar-refractivity contribution is -0.143. The molecule has 0 saturated carbocycles. The van der Waals surface area contributed by atoms with E-state index in [0.717, 1.165) is 4.90 Å². The molecule has 41 nitrogen and oxygen atoms in total. The average Bonchev–Trinajstić information content (AvgIpc) is 1.67. The Hall–Kier alpha value is -12.2. The van der Waals surface area contributed by atoms with Crippen LogP contribution in [0.15, 0.2) is 84.9 Å². The predicted octanol–water partition coefficient (Wildman–Crippen LogP) is -7.04. The number of thioether (sulfide) groups is 1. The number of benzene rings is 3. The van der Waals surface area contributed by atoms with Crippen molar-refractivity contribution < 1.29 is 106 Å². The molecule has 119 heavy (non-hydrogen) atoms. The summed E-state index contributed by atoms with van der Waals surface area (Å²) in [6.07, 6.45) is -2.67. The van der Waals surface area contributed by atoms with Gasteiger partial charge in [-0.2, -0.15) is 0 Å². The van der Waals surface area contributed by atoms with Crippen LogP contribution in [0.3, 0.4) is 0 Å². The van der Waals surface area contributed by atoms with E-state index in [2.05, 4.69) is 74.4 Å². The third kappa shape index (κ3) is 36.9. The van der Waals surface area contributed by atoms with Gasteiger partial charge in [-0.25, -0.2) is 0 Å². The summed E-state index contributed by atoms with van der Waals surface area (Å²) in [7, 11) is 0. The maximum atomic E-state index is 14.1. The molecule has 42 heteroatoms. The number of phenolic OH excluding ortho intramolecular Hbond substituents is 1. The highest BCUT2D eigenvalue weighted by atomic mass is 32.2. The van der Waals surface area contributed by atoms with Crippen LogP contribution in [0, 0.1) is 17.8 Å². The van der Waals surface area contributed by atoms with E-state index in [9.17, 15) is 101 Å². The Bertz CT molecular complexity index is 4030. The Balaban J connectivity index is 1.24. The van der Waals surface area contributed by atoms with E-state index in [-0.39, 0.29) is 75.5 Å². The molecule has 1 aliphatic rings. The van der Waals surface area contributed by atoms with Crippen LogP contribution in [-0.4, -0.2) is 258 Å². The van der Waals surface area contributed by atoms with Crippen LogP contribution in [0.1, 0.15) is 104 Å². The van der Waals surface area contributed by atoms with E-state index in [1.165, 1.54) is 45.0 Å². The summed E-state index contributed by atoms with van der Waals surface area (Å²) in [5.74, 6) is -17.2. The fourth-order valence-electron chi connectivity index (χ4n) is 11.8. The second kappa shape index (κ2) is 51.1. The normalized spacial score (nSPS) is 14.8. The van der Waals surface area contributed by atoms with Crippen LogP contribution in [0.2, 0.25) is 0 Å². The van der Waals surface area contributed by atoms with Crippen LogP contribution >= 0.6 is 11.8 Å². The first kappa shape index (κ1) is 99.2. The molecule has 24 N–H and O–H groups in total. The van der Waals surface area contributed by atoms with Crippen LogP contribution in [-0.2, 0) is 115 Å². The lowest BCUT2D eigenvalue weighted by Gasteiger charge is -2.30. The van der Waals surface area contributed by atoms with Gasteiger partial charge < -0.3 is 117 Å². The second-order valence-electron chi connectivity index (χ2n) is 29.1. The summed E-state index contributed by atoms with van der Waals surface area (Å²) in [6, 6.07) is 9.56. The molecule has 17 amide bonds. The molecule has 0 radical (unpaired) electrons. The van der Waals surface area contributed by atoms with Gasteiger partial charge in [0.2, 0.25) is 106 Å². The molecule has 1 aliphatic heterocycles. The molecule has 3 aromatic carbocycles.